The Morgan fingerprint density at radius 2 is 2.10 bits per heavy atom. The molecule has 2 atom stereocenters. The number of carbonyl (C=O) groups excluding carboxylic acids is 1. The third-order valence-electron chi connectivity index (χ3n) is 5.98. The number of likely N-dealkylation sites (tertiary alicyclic amines) is 1. The molecular weight excluding hydrogens is 368 g/mol. The molecule has 1 saturated heterocycles. The van der Waals surface area contributed by atoms with Crippen molar-refractivity contribution in [2.75, 3.05) is 13.1 Å². The van der Waals surface area contributed by atoms with Crippen LogP contribution in [0.5, 0.6) is 0 Å². The number of amides is 1. The van der Waals surface area contributed by atoms with E-state index in [2.05, 4.69) is 9.97 Å². The van der Waals surface area contributed by atoms with E-state index in [1.165, 1.54) is 17.7 Å². The number of fused-ring (bicyclic) bond motifs is 3. The van der Waals surface area contributed by atoms with Crippen LogP contribution >= 0.6 is 0 Å². The van der Waals surface area contributed by atoms with Gasteiger partial charge in [0.15, 0.2) is 0 Å². The van der Waals surface area contributed by atoms with Crippen molar-refractivity contribution in [1.82, 2.24) is 14.9 Å². The number of nitrogens with two attached hydrogens (primary N) is 1. The molecule has 29 heavy (non-hydrogen) atoms. The third kappa shape index (κ3) is 3.98. The summed E-state index contributed by atoms with van der Waals surface area (Å²) < 4.78 is 5.59. The first-order valence-corrected chi connectivity index (χ1v) is 10.7. The Morgan fingerprint density at radius 1 is 1.34 bits per heavy atom. The summed E-state index contributed by atoms with van der Waals surface area (Å²) in [6.07, 6.45) is 6.79. The second kappa shape index (κ2) is 7.61. The second-order valence-corrected chi connectivity index (χ2v) is 9.35. The topological polar surface area (TPSA) is 104 Å². The van der Waals surface area contributed by atoms with Crippen molar-refractivity contribution >= 4 is 17.0 Å². The monoisotopic (exact) mass is 400 g/mol. The fourth-order valence-electron chi connectivity index (χ4n) is 4.72. The van der Waals surface area contributed by atoms with Gasteiger partial charge in [0.2, 0.25) is 0 Å². The van der Waals surface area contributed by atoms with Crippen LogP contribution in [-0.2, 0) is 17.6 Å². The largest absolute Gasteiger partial charge is 0.444 e. The zero-order valence-electron chi connectivity index (χ0n) is 17.6. The van der Waals surface area contributed by atoms with Gasteiger partial charge in [-0.25, -0.2) is 4.79 Å². The van der Waals surface area contributed by atoms with Crippen LogP contribution in [0.1, 0.15) is 81.1 Å². The molecule has 2 aliphatic rings. The van der Waals surface area contributed by atoms with Crippen molar-refractivity contribution in [2.24, 2.45) is 5.73 Å². The minimum Gasteiger partial charge on any atom is -0.444 e. The highest BCUT2D eigenvalue weighted by Crippen LogP contribution is 2.39. The van der Waals surface area contributed by atoms with Crippen LogP contribution < -0.4 is 5.73 Å². The third-order valence-corrected chi connectivity index (χ3v) is 5.98. The quantitative estimate of drug-likeness (QED) is 0.669. The number of pyridine rings is 1. The predicted molar refractivity (Wildman–Crippen MR) is 112 cm³/mol. The van der Waals surface area contributed by atoms with Gasteiger partial charge in [-0.2, -0.15) is 0 Å². The highest BCUT2D eigenvalue weighted by atomic mass is 16.6. The van der Waals surface area contributed by atoms with Crippen LogP contribution in [0.25, 0.3) is 10.9 Å². The summed E-state index contributed by atoms with van der Waals surface area (Å²) in [6, 6.07) is 0. The van der Waals surface area contributed by atoms with E-state index in [1.54, 1.807) is 0 Å². The molecule has 0 bridgehead atoms. The molecule has 2 unspecified atom stereocenters. The highest BCUT2D eigenvalue weighted by Gasteiger charge is 2.31. The normalized spacial score (nSPS) is 21.1. The Morgan fingerprint density at radius 3 is 2.83 bits per heavy atom. The number of nitrogens with one attached hydrogen (secondary N) is 1. The van der Waals surface area contributed by atoms with E-state index in [0.717, 1.165) is 48.6 Å². The Kier molecular flexibility index (Phi) is 5.29. The van der Waals surface area contributed by atoms with Gasteiger partial charge in [0, 0.05) is 36.3 Å². The van der Waals surface area contributed by atoms with Gasteiger partial charge in [-0.3, -0.25) is 4.98 Å². The first-order valence-electron chi connectivity index (χ1n) is 10.7. The number of aryl methyl sites for hydroxylation is 2. The Labute approximate surface area is 171 Å². The summed E-state index contributed by atoms with van der Waals surface area (Å²) in [7, 11) is 0. The molecule has 1 aliphatic heterocycles. The van der Waals surface area contributed by atoms with Crippen LogP contribution in [0.4, 0.5) is 4.79 Å². The van der Waals surface area contributed by atoms with Gasteiger partial charge in [0.25, 0.3) is 0 Å². The number of hydrogen-bond donors (Lipinski definition) is 3. The molecule has 0 aromatic carbocycles. The van der Waals surface area contributed by atoms with E-state index in [0.29, 0.717) is 18.8 Å². The number of aromatic amines is 1. The summed E-state index contributed by atoms with van der Waals surface area (Å²) in [5.74, 6) is 0.192. The van der Waals surface area contributed by atoms with Crippen LogP contribution in [-0.4, -0.2) is 44.8 Å². The van der Waals surface area contributed by atoms with Gasteiger partial charge in [0.1, 0.15) is 17.5 Å². The number of ether oxygens (including phenoxy) is 1. The first-order chi connectivity index (χ1) is 13.7. The molecule has 1 amide bonds. The fourth-order valence-corrected chi connectivity index (χ4v) is 4.72. The van der Waals surface area contributed by atoms with E-state index in [9.17, 15) is 9.90 Å². The molecule has 0 spiro atoms. The molecule has 7 heteroatoms. The second-order valence-electron chi connectivity index (χ2n) is 9.35. The van der Waals surface area contributed by atoms with Gasteiger partial charge in [0.05, 0.1) is 5.52 Å². The van der Waals surface area contributed by atoms with E-state index in [4.69, 9.17) is 10.5 Å². The number of aliphatic hydroxyl groups is 1. The Balaban J connectivity index is 1.71. The number of nitrogens with zero attached hydrogens (tertiary/aromatic N) is 2. The molecule has 1 aliphatic carbocycles. The summed E-state index contributed by atoms with van der Waals surface area (Å²) in [5, 5.41) is 11.2. The lowest BCUT2D eigenvalue weighted by molar-refractivity contribution is 0.0198. The van der Waals surface area contributed by atoms with Crippen LogP contribution in [0.3, 0.4) is 0 Å². The molecule has 0 radical (unpaired) electrons. The number of piperidine rings is 1. The highest BCUT2D eigenvalue weighted by molar-refractivity contribution is 5.90. The molecule has 1 fully saturated rings. The van der Waals surface area contributed by atoms with Crippen molar-refractivity contribution < 1.29 is 14.6 Å². The van der Waals surface area contributed by atoms with Crippen molar-refractivity contribution in [1.29, 1.82) is 0 Å². The maximum absolute atomic E-state index is 12.6. The molecule has 2 aromatic rings. The predicted octanol–water partition coefficient (Wildman–Crippen LogP) is 3.51. The maximum Gasteiger partial charge on any atom is 0.410 e. The molecular formula is C22H32N4O3. The summed E-state index contributed by atoms with van der Waals surface area (Å²) in [5.41, 5.74) is 10.4. The summed E-state index contributed by atoms with van der Waals surface area (Å²) in [6.45, 7) is 7.01. The van der Waals surface area contributed by atoms with Crippen LogP contribution in [0.2, 0.25) is 0 Å². The van der Waals surface area contributed by atoms with Gasteiger partial charge in [-0.15, -0.1) is 0 Å². The van der Waals surface area contributed by atoms with Gasteiger partial charge >= 0.3 is 6.09 Å². The number of carbonyl (C=O) groups is 1. The number of rotatable bonds is 2. The molecule has 158 valence electrons. The molecule has 4 N–H and O–H groups in total. The number of H-pyrrole nitrogens is 1. The lowest BCUT2D eigenvalue weighted by Crippen LogP contribution is -2.42. The number of aromatic nitrogens is 2. The average Bonchev–Trinajstić information content (AvgIpc) is 3.05. The SMILES string of the molecule is CC(C)(C)OC(=O)N1CCCC(c2cnc(C(N)O)c3[nH]c4c(c23)CCCC4)C1. The lowest BCUT2D eigenvalue weighted by atomic mass is 9.86. The Bertz CT molecular complexity index is 913. The van der Waals surface area contributed by atoms with Crippen molar-refractivity contribution in [3.05, 3.63) is 28.7 Å². The van der Waals surface area contributed by atoms with E-state index < -0.39 is 11.8 Å². The number of hydrogen-bond acceptors (Lipinski definition) is 5. The molecule has 7 nitrogen and oxygen atoms in total. The molecule has 2 aromatic heterocycles. The summed E-state index contributed by atoms with van der Waals surface area (Å²) >= 11 is 0. The molecule has 0 saturated carbocycles. The fraction of sp³-hybridized carbons (Fsp3) is 0.636. The number of aliphatic hydroxyl groups excluding tert-OH is 1. The van der Waals surface area contributed by atoms with Crippen LogP contribution in [0.15, 0.2) is 6.20 Å². The van der Waals surface area contributed by atoms with Crippen molar-refractivity contribution in [3.63, 3.8) is 0 Å². The minimum absolute atomic E-state index is 0.192. The van der Waals surface area contributed by atoms with E-state index >= 15 is 0 Å². The lowest BCUT2D eigenvalue weighted by Gasteiger charge is -2.34. The van der Waals surface area contributed by atoms with Gasteiger partial charge < -0.3 is 25.5 Å². The van der Waals surface area contributed by atoms with Crippen LogP contribution in [0, 0.1) is 0 Å². The van der Waals surface area contributed by atoms with Gasteiger partial charge in [-0.1, -0.05) is 0 Å². The maximum atomic E-state index is 12.6. The van der Waals surface area contributed by atoms with E-state index in [1.807, 2.05) is 31.9 Å². The van der Waals surface area contributed by atoms with E-state index in [-0.39, 0.29) is 12.0 Å². The van der Waals surface area contributed by atoms with Gasteiger partial charge in [-0.05, 0) is 70.4 Å². The Hall–Kier alpha value is -2.12. The molecule has 4 rings (SSSR count). The average molecular weight is 401 g/mol. The zero-order chi connectivity index (χ0) is 20.8. The molecule has 3 heterocycles. The smallest absolute Gasteiger partial charge is 0.410 e. The van der Waals surface area contributed by atoms with Crippen molar-refractivity contribution in [2.45, 2.75) is 77.0 Å². The zero-order valence-corrected chi connectivity index (χ0v) is 17.6. The minimum atomic E-state index is -1.11. The summed E-state index contributed by atoms with van der Waals surface area (Å²) in [4.78, 5) is 22.4. The standard InChI is InChI=1S/C22H32N4O3/c1-22(2,3)29-21(28)26-10-6-7-13(12-26)15-11-24-19(20(23)27)18-17(15)14-8-4-5-9-16(14)25-18/h11,13,20,25,27H,4-10,12,23H2,1-3H3. The van der Waals surface area contributed by atoms with Crippen molar-refractivity contribution in [3.8, 4) is 0 Å². The first kappa shape index (κ1) is 20.2.